The Hall–Kier alpha value is -0.0800. The van der Waals surface area contributed by atoms with Crippen molar-refractivity contribution in [3.05, 3.63) is 0 Å². The van der Waals surface area contributed by atoms with E-state index in [9.17, 15) is 0 Å². The second-order valence-electron chi connectivity index (χ2n) is 3.22. The molecule has 2 atom stereocenters. The van der Waals surface area contributed by atoms with Crippen molar-refractivity contribution in [1.82, 2.24) is 0 Å². The number of aliphatic hydroxyl groups excluding tert-OH is 1. The minimum Gasteiger partial charge on any atom is -0.396 e. The quantitative estimate of drug-likeness (QED) is 0.599. The number of hydrogen-bond donors (Lipinski definition) is 2. The molecule has 3 N–H and O–H groups in total. The average molecular weight is 143 g/mol. The Morgan fingerprint density at radius 3 is 2.20 bits per heavy atom. The molecule has 0 aliphatic heterocycles. The number of nitrogens with two attached hydrogens (primary N) is 1. The van der Waals surface area contributed by atoms with Crippen LogP contribution in [0.2, 0.25) is 0 Å². The Kier molecular flexibility index (Phi) is 3.16. The van der Waals surface area contributed by atoms with Gasteiger partial charge < -0.3 is 10.8 Å². The summed E-state index contributed by atoms with van der Waals surface area (Å²) in [5, 5.41) is 8.94. The van der Waals surface area contributed by atoms with Crippen LogP contribution in [0.1, 0.15) is 25.7 Å². The van der Waals surface area contributed by atoms with E-state index in [-0.39, 0.29) is 0 Å². The van der Waals surface area contributed by atoms with Crippen molar-refractivity contribution in [2.75, 3.05) is 13.2 Å². The van der Waals surface area contributed by atoms with Crippen LogP contribution in [0, 0.1) is 11.8 Å². The van der Waals surface area contributed by atoms with E-state index in [1.54, 1.807) is 0 Å². The van der Waals surface area contributed by atoms with Gasteiger partial charge in [-0.25, -0.2) is 0 Å². The molecule has 1 aliphatic rings. The Morgan fingerprint density at radius 1 is 1.20 bits per heavy atom. The minimum atomic E-state index is 0.335. The van der Waals surface area contributed by atoms with Crippen LogP contribution in [0.15, 0.2) is 0 Å². The van der Waals surface area contributed by atoms with E-state index in [4.69, 9.17) is 10.8 Å². The molecule has 0 saturated heterocycles. The zero-order valence-corrected chi connectivity index (χ0v) is 6.42. The molecule has 2 heteroatoms. The van der Waals surface area contributed by atoms with Gasteiger partial charge in [0.15, 0.2) is 0 Å². The molecule has 1 aliphatic carbocycles. The van der Waals surface area contributed by atoms with Gasteiger partial charge in [-0.05, 0) is 31.2 Å². The first-order valence-corrected chi connectivity index (χ1v) is 4.19. The third-order valence-corrected chi connectivity index (χ3v) is 2.60. The van der Waals surface area contributed by atoms with E-state index in [0.717, 1.165) is 6.54 Å². The lowest BCUT2D eigenvalue weighted by atomic mass is 9.80. The maximum absolute atomic E-state index is 8.94. The summed E-state index contributed by atoms with van der Waals surface area (Å²) in [6.45, 7) is 1.09. The minimum absolute atomic E-state index is 0.335. The summed E-state index contributed by atoms with van der Waals surface area (Å²) in [4.78, 5) is 0. The molecule has 1 rings (SSSR count). The molecule has 0 aromatic carbocycles. The second kappa shape index (κ2) is 3.94. The maximum Gasteiger partial charge on any atom is 0.0462 e. The normalized spacial score (nSPS) is 34.2. The van der Waals surface area contributed by atoms with E-state index < -0.39 is 0 Å². The van der Waals surface area contributed by atoms with Crippen molar-refractivity contribution >= 4 is 0 Å². The molecular weight excluding hydrogens is 126 g/mol. The molecule has 1 fully saturated rings. The summed E-state index contributed by atoms with van der Waals surface area (Å²) in [7, 11) is 0. The van der Waals surface area contributed by atoms with E-state index in [1.165, 1.54) is 25.7 Å². The van der Waals surface area contributed by atoms with Crippen molar-refractivity contribution in [1.29, 1.82) is 0 Å². The Morgan fingerprint density at radius 2 is 1.80 bits per heavy atom. The van der Waals surface area contributed by atoms with E-state index in [2.05, 4.69) is 0 Å². The predicted octanol–water partition coefficient (Wildman–Crippen LogP) is 0.744. The summed E-state index contributed by atoms with van der Waals surface area (Å²) in [5.41, 5.74) is 5.56. The summed E-state index contributed by atoms with van der Waals surface area (Å²) >= 11 is 0. The van der Waals surface area contributed by atoms with Crippen LogP contribution < -0.4 is 5.73 Å². The van der Waals surface area contributed by atoms with Gasteiger partial charge in [0, 0.05) is 6.61 Å². The lowest BCUT2D eigenvalue weighted by molar-refractivity contribution is 0.138. The molecule has 0 amide bonds. The van der Waals surface area contributed by atoms with Gasteiger partial charge in [-0.3, -0.25) is 0 Å². The second-order valence-corrected chi connectivity index (χ2v) is 3.22. The van der Waals surface area contributed by atoms with Gasteiger partial charge in [0.05, 0.1) is 0 Å². The van der Waals surface area contributed by atoms with Gasteiger partial charge in [-0.15, -0.1) is 0 Å². The highest BCUT2D eigenvalue weighted by Crippen LogP contribution is 2.28. The highest BCUT2D eigenvalue weighted by atomic mass is 16.3. The molecule has 0 aromatic rings. The van der Waals surface area contributed by atoms with E-state index in [1.807, 2.05) is 0 Å². The number of hydrogen-bond acceptors (Lipinski definition) is 2. The van der Waals surface area contributed by atoms with Crippen molar-refractivity contribution in [2.24, 2.45) is 17.6 Å². The van der Waals surface area contributed by atoms with Crippen molar-refractivity contribution < 1.29 is 5.11 Å². The lowest BCUT2D eigenvalue weighted by Crippen LogP contribution is -2.28. The molecule has 0 spiro atoms. The fraction of sp³-hybridized carbons (Fsp3) is 1.00. The van der Waals surface area contributed by atoms with Crippen LogP contribution in [0.4, 0.5) is 0 Å². The standard InChI is InChI=1S/C8H17NO/c9-5-7-3-1-2-4-8(7)6-10/h7-8,10H,1-6,9H2/t7-,8+/m0/s1. The van der Waals surface area contributed by atoms with E-state index >= 15 is 0 Å². The van der Waals surface area contributed by atoms with Gasteiger partial charge >= 0.3 is 0 Å². The average Bonchev–Trinajstić information content (AvgIpc) is 2.04. The molecular formula is C8H17NO. The smallest absolute Gasteiger partial charge is 0.0462 e. The monoisotopic (exact) mass is 143 g/mol. The first kappa shape index (κ1) is 8.02. The van der Waals surface area contributed by atoms with Crippen molar-refractivity contribution in [3.63, 3.8) is 0 Å². The van der Waals surface area contributed by atoms with Crippen LogP contribution in [-0.2, 0) is 0 Å². The molecule has 0 unspecified atom stereocenters. The molecule has 0 radical (unpaired) electrons. The summed E-state index contributed by atoms with van der Waals surface area (Å²) in [5.74, 6) is 1.09. The Balaban J connectivity index is 2.34. The number of rotatable bonds is 2. The van der Waals surface area contributed by atoms with Crippen LogP contribution in [0.3, 0.4) is 0 Å². The van der Waals surface area contributed by atoms with Gasteiger partial charge in [0.1, 0.15) is 0 Å². The topological polar surface area (TPSA) is 46.2 Å². The fourth-order valence-corrected chi connectivity index (χ4v) is 1.84. The molecule has 0 bridgehead atoms. The van der Waals surface area contributed by atoms with Gasteiger partial charge in [0.2, 0.25) is 0 Å². The molecule has 2 nitrogen and oxygen atoms in total. The van der Waals surface area contributed by atoms with Crippen LogP contribution in [0.25, 0.3) is 0 Å². The van der Waals surface area contributed by atoms with Crippen LogP contribution in [0.5, 0.6) is 0 Å². The third-order valence-electron chi connectivity index (χ3n) is 2.60. The Bertz CT molecular complexity index is 83.3. The van der Waals surface area contributed by atoms with Gasteiger partial charge in [-0.2, -0.15) is 0 Å². The molecule has 0 heterocycles. The molecule has 1 saturated carbocycles. The largest absolute Gasteiger partial charge is 0.396 e. The van der Waals surface area contributed by atoms with Gasteiger partial charge in [0.25, 0.3) is 0 Å². The van der Waals surface area contributed by atoms with Crippen LogP contribution >= 0.6 is 0 Å². The first-order valence-electron chi connectivity index (χ1n) is 4.19. The third kappa shape index (κ3) is 1.70. The summed E-state index contributed by atoms with van der Waals surface area (Å²) in [6, 6.07) is 0. The van der Waals surface area contributed by atoms with Crippen molar-refractivity contribution in [2.45, 2.75) is 25.7 Å². The Labute approximate surface area is 62.4 Å². The van der Waals surface area contributed by atoms with Crippen molar-refractivity contribution in [3.8, 4) is 0 Å². The van der Waals surface area contributed by atoms with E-state index in [0.29, 0.717) is 18.4 Å². The SMILES string of the molecule is NC[C@@H]1CCCC[C@@H]1CO. The predicted molar refractivity (Wildman–Crippen MR) is 41.6 cm³/mol. The molecule has 0 aromatic heterocycles. The zero-order valence-electron chi connectivity index (χ0n) is 6.42. The highest BCUT2D eigenvalue weighted by Gasteiger charge is 2.22. The fourth-order valence-electron chi connectivity index (χ4n) is 1.84. The zero-order chi connectivity index (χ0) is 7.40. The molecule has 10 heavy (non-hydrogen) atoms. The number of aliphatic hydroxyl groups is 1. The lowest BCUT2D eigenvalue weighted by Gasteiger charge is -2.28. The van der Waals surface area contributed by atoms with Crippen LogP contribution in [-0.4, -0.2) is 18.3 Å². The highest BCUT2D eigenvalue weighted by molar-refractivity contribution is 4.74. The summed E-state index contributed by atoms with van der Waals surface area (Å²) < 4.78 is 0. The first-order chi connectivity index (χ1) is 4.88. The summed E-state index contributed by atoms with van der Waals surface area (Å²) in [6.07, 6.45) is 4.99. The molecule has 60 valence electrons. The van der Waals surface area contributed by atoms with Gasteiger partial charge in [-0.1, -0.05) is 12.8 Å². The maximum atomic E-state index is 8.94.